The first-order chi connectivity index (χ1) is 18.1. The predicted octanol–water partition coefficient (Wildman–Crippen LogP) is 3.47. The number of thiophene rings is 1. The van der Waals surface area contributed by atoms with E-state index in [9.17, 15) is 9.59 Å². The topological polar surface area (TPSA) is 65.1 Å². The van der Waals surface area contributed by atoms with Crippen LogP contribution < -0.4 is 10.1 Å². The van der Waals surface area contributed by atoms with Crippen LogP contribution in [0.1, 0.15) is 27.2 Å². The Hall–Kier alpha value is -3.20. The van der Waals surface area contributed by atoms with Gasteiger partial charge in [-0.3, -0.25) is 14.5 Å². The number of hydrogen-bond donors (Lipinski definition) is 1. The van der Waals surface area contributed by atoms with Crippen molar-refractivity contribution in [1.82, 2.24) is 20.0 Å². The number of rotatable bonds is 8. The molecule has 8 heteroatoms. The van der Waals surface area contributed by atoms with E-state index in [1.807, 2.05) is 45.5 Å². The molecule has 3 aromatic rings. The standard InChI is InChI=1S/C29H34N4O3S/c1-36-25-10-5-9-23(17-25)20-32(19-22-7-3-2-4-8-22)24-18-26(28(34)31-14-12-30-13-15-31)33(21-24)29(35)27-11-6-16-37-27/h2-11,16-17,24,26,30H,12-15,18-21H2,1H3. The molecule has 0 saturated carbocycles. The van der Waals surface area contributed by atoms with Crippen LogP contribution in [0.2, 0.25) is 0 Å². The summed E-state index contributed by atoms with van der Waals surface area (Å²) in [5.41, 5.74) is 2.35. The quantitative estimate of drug-likeness (QED) is 0.495. The number of carbonyl (C=O) groups is 2. The first kappa shape index (κ1) is 25.4. The summed E-state index contributed by atoms with van der Waals surface area (Å²) in [5, 5.41) is 5.23. The van der Waals surface area contributed by atoms with Gasteiger partial charge >= 0.3 is 0 Å². The Labute approximate surface area is 222 Å². The van der Waals surface area contributed by atoms with E-state index in [1.165, 1.54) is 16.9 Å². The fourth-order valence-corrected chi connectivity index (χ4v) is 5.99. The summed E-state index contributed by atoms with van der Waals surface area (Å²) in [6.45, 7) is 4.89. The van der Waals surface area contributed by atoms with Crippen molar-refractivity contribution in [3.63, 3.8) is 0 Å². The van der Waals surface area contributed by atoms with Crippen LogP contribution in [0.3, 0.4) is 0 Å². The number of ether oxygens (including phenoxy) is 1. The Morgan fingerprint density at radius 1 is 1.00 bits per heavy atom. The molecule has 2 saturated heterocycles. The van der Waals surface area contributed by atoms with Crippen molar-refractivity contribution in [2.45, 2.75) is 31.6 Å². The molecule has 2 atom stereocenters. The zero-order chi connectivity index (χ0) is 25.6. The molecule has 7 nitrogen and oxygen atoms in total. The number of nitrogens with one attached hydrogen (secondary N) is 1. The highest BCUT2D eigenvalue weighted by Gasteiger charge is 2.43. The fourth-order valence-electron chi connectivity index (χ4n) is 5.31. The van der Waals surface area contributed by atoms with E-state index in [1.54, 1.807) is 7.11 Å². The number of benzene rings is 2. The minimum atomic E-state index is -0.457. The van der Waals surface area contributed by atoms with E-state index in [-0.39, 0.29) is 17.9 Å². The highest BCUT2D eigenvalue weighted by molar-refractivity contribution is 7.12. The van der Waals surface area contributed by atoms with Gasteiger partial charge in [0.15, 0.2) is 0 Å². The second-order valence-corrected chi connectivity index (χ2v) is 10.6. The number of hydrogen-bond acceptors (Lipinski definition) is 6. The van der Waals surface area contributed by atoms with Crippen molar-refractivity contribution in [2.24, 2.45) is 0 Å². The summed E-state index contributed by atoms with van der Waals surface area (Å²) >= 11 is 1.43. The van der Waals surface area contributed by atoms with Crippen LogP contribution in [-0.2, 0) is 17.9 Å². The van der Waals surface area contributed by atoms with E-state index < -0.39 is 6.04 Å². The molecule has 2 aliphatic rings. The maximum absolute atomic E-state index is 13.7. The average molecular weight is 519 g/mol. The van der Waals surface area contributed by atoms with Crippen LogP contribution in [0.25, 0.3) is 0 Å². The number of methoxy groups -OCH3 is 1. The molecule has 0 bridgehead atoms. The van der Waals surface area contributed by atoms with Gasteiger partial charge in [0.25, 0.3) is 5.91 Å². The summed E-state index contributed by atoms with van der Waals surface area (Å²) in [7, 11) is 1.68. The van der Waals surface area contributed by atoms with E-state index in [4.69, 9.17) is 4.74 Å². The molecule has 1 aromatic heterocycles. The van der Waals surface area contributed by atoms with Crippen molar-refractivity contribution in [2.75, 3.05) is 39.8 Å². The monoisotopic (exact) mass is 518 g/mol. The van der Waals surface area contributed by atoms with Crippen molar-refractivity contribution >= 4 is 23.2 Å². The van der Waals surface area contributed by atoms with Crippen molar-refractivity contribution < 1.29 is 14.3 Å². The SMILES string of the molecule is COc1cccc(CN(Cc2ccccc2)C2CC(C(=O)N3CCNCC3)N(C(=O)c3cccs3)C2)c1. The van der Waals surface area contributed by atoms with E-state index >= 15 is 0 Å². The molecule has 0 spiro atoms. The molecule has 3 heterocycles. The van der Waals surface area contributed by atoms with Gasteiger partial charge in [-0.25, -0.2) is 0 Å². The Morgan fingerprint density at radius 2 is 1.76 bits per heavy atom. The first-order valence-electron chi connectivity index (χ1n) is 12.9. The highest BCUT2D eigenvalue weighted by Crippen LogP contribution is 2.29. The van der Waals surface area contributed by atoms with Crippen LogP contribution in [-0.4, -0.2) is 78.4 Å². The highest BCUT2D eigenvalue weighted by atomic mass is 32.1. The summed E-state index contributed by atoms with van der Waals surface area (Å²) in [6, 6.07) is 21.8. The van der Waals surface area contributed by atoms with E-state index in [2.05, 4.69) is 46.6 Å². The van der Waals surface area contributed by atoms with Gasteiger partial charge in [-0.15, -0.1) is 11.3 Å². The van der Waals surface area contributed by atoms with Crippen molar-refractivity contribution in [3.05, 3.63) is 88.1 Å². The Morgan fingerprint density at radius 3 is 2.49 bits per heavy atom. The Bertz CT molecular complexity index is 1180. The van der Waals surface area contributed by atoms with Crippen LogP contribution in [0.4, 0.5) is 0 Å². The van der Waals surface area contributed by atoms with Crippen LogP contribution in [0.5, 0.6) is 5.75 Å². The minimum absolute atomic E-state index is 0.0483. The third-order valence-electron chi connectivity index (χ3n) is 7.25. The minimum Gasteiger partial charge on any atom is -0.497 e. The molecule has 0 radical (unpaired) electrons. The predicted molar refractivity (Wildman–Crippen MR) is 146 cm³/mol. The molecule has 37 heavy (non-hydrogen) atoms. The van der Waals surface area contributed by atoms with Gasteiger partial charge in [0, 0.05) is 51.9 Å². The molecule has 2 aromatic carbocycles. The van der Waals surface area contributed by atoms with Gasteiger partial charge in [-0.05, 0) is 41.1 Å². The lowest BCUT2D eigenvalue weighted by atomic mass is 10.1. The number of carbonyl (C=O) groups excluding carboxylic acids is 2. The lowest BCUT2D eigenvalue weighted by Gasteiger charge is -2.32. The smallest absolute Gasteiger partial charge is 0.264 e. The molecular weight excluding hydrogens is 484 g/mol. The normalized spacial score (nSPS) is 19.8. The van der Waals surface area contributed by atoms with Gasteiger partial charge in [0.2, 0.25) is 5.91 Å². The van der Waals surface area contributed by atoms with Gasteiger partial charge in [-0.1, -0.05) is 48.5 Å². The maximum Gasteiger partial charge on any atom is 0.264 e. The lowest BCUT2D eigenvalue weighted by Crippen LogP contribution is -2.53. The Kier molecular flexibility index (Phi) is 8.18. The van der Waals surface area contributed by atoms with Crippen molar-refractivity contribution in [3.8, 4) is 5.75 Å². The summed E-state index contributed by atoms with van der Waals surface area (Å²) < 4.78 is 5.46. The molecule has 0 aliphatic carbocycles. The molecule has 2 unspecified atom stereocenters. The second-order valence-electron chi connectivity index (χ2n) is 9.66. The number of amides is 2. The average Bonchev–Trinajstić information content (AvgIpc) is 3.64. The van der Waals surface area contributed by atoms with Crippen LogP contribution in [0.15, 0.2) is 72.1 Å². The Balaban J connectivity index is 1.43. The molecule has 2 aliphatic heterocycles. The molecular formula is C29H34N4O3S. The van der Waals surface area contributed by atoms with Crippen molar-refractivity contribution in [1.29, 1.82) is 0 Å². The maximum atomic E-state index is 13.7. The van der Waals surface area contributed by atoms with Crippen LogP contribution >= 0.6 is 11.3 Å². The fraction of sp³-hybridized carbons (Fsp3) is 0.379. The lowest BCUT2D eigenvalue weighted by molar-refractivity contribution is -0.135. The summed E-state index contributed by atoms with van der Waals surface area (Å²) in [6.07, 6.45) is 0.622. The van der Waals surface area contributed by atoms with Gasteiger partial charge in [-0.2, -0.15) is 0 Å². The molecule has 2 fully saturated rings. The first-order valence-corrected chi connectivity index (χ1v) is 13.7. The largest absolute Gasteiger partial charge is 0.497 e. The molecule has 2 amide bonds. The third kappa shape index (κ3) is 6.04. The molecule has 194 valence electrons. The van der Waals surface area contributed by atoms with Gasteiger partial charge < -0.3 is 19.9 Å². The molecule has 5 rings (SSSR count). The second kappa shape index (κ2) is 11.9. The van der Waals surface area contributed by atoms with Gasteiger partial charge in [0.1, 0.15) is 11.8 Å². The van der Waals surface area contributed by atoms with Crippen LogP contribution in [0, 0.1) is 0 Å². The molecule has 1 N–H and O–H groups in total. The van der Waals surface area contributed by atoms with E-state index in [0.717, 1.165) is 30.9 Å². The van der Waals surface area contributed by atoms with Gasteiger partial charge in [0.05, 0.1) is 12.0 Å². The number of likely N-dealkylation sites (tertiary alicyclic amines) is 1. The number of piperazine rings is 1. The third-order valence-corrected chi connectivity index (χ3v) is 8.11. The summed E-state index contributed by atoms with van der Waals surface area (Å²) in [4.78, 5) is 34.1. The zero-order valence-electron chi connectivity index (χ0n) is 21.2. The zero-order valence-corrected chi connectivity index (χ0v) is 22.0. The van der Waals surface area contributed by atoms with E-state index in [0.29, 0.717) is 37.5 Å². The summed E-state index contributed by atoms with van der Waals surface area (Å²) in [5.74, 6) is 0.840. The number of nitrogens with zero attached hydrogens (tertiary/aromatic N) is 3.